The minimum Gasteiger partial charge on any atom is -0.480 e. The summed E-state index contributed by atoms with van der Waals surface area (Å²) in [5.41, 5.74) is 7.45. The third-order valence-corrected chi connectivity index (χ3v) is 5.63. The standard InChI is InChI=1S/C22H31N5O5S/c1-11(2)18(21(30)25-12(3)22(31)32)27-20(29)17(26-19(28)15(23)10-33)8-13-9-24-16-7-5-4-6-14(13)16/h4-7,9,11-12,15,17-18,24,33H,8,10,23H2,1-3H3,(H,25,30)(H,26,28)(H,27,29)(H,31,32). The number of carboxylic acid groups (broad SMARTS) is 1. The molecule has 0 saturated heterocycles. The van der Waals surface area contributed by atoms with Crippen LogP contribution in [0.3, 0.4) is 0 Å². The van der Waals surface area contributed by atoms with E-state index in [0.29, 0.717) is 0 Å². The molecule has 3 amide bonds. The Bertz CT molecular complexity index is 1010. The van der Waals surface area contributed by atoms with Gasteiger partial charge < -0.3 is 31.8 Å². The SMILES string of the molecule is CC(NC(=O)C(NC(=O)C(Cc1c[nH]c2ccccc12)NC(=O)C(N)CS)C(C)C)C(=O)O. The van der Waals surface area contributed by atoms with Crippen molar-refractivity contribution in [3.05, 3.63) is 36.0 Å². The van der Waals surface area contributed by atoms with E-state index in [1.807, 2.05) is 24.3 Å². The predicted molar refractivity (Wildman–Crippen MR) is 128 cm³/mol. The zero-order valence-electron chi connectivity index (χ0n) is 18.8. The molecule has 0 aliphatic rings. The number of H-pyrrole nitrogens is 1. The summed E-state index contributed by atoms with van der Waals surface area (Å²) in [5, 5.41) is 17.6. The predicted octanol–water partition coefficient (Wildman–Crippen LogP) is 0.182. The van der Waals surface area contributed by atoms with E-state index in [1.165, 1.54) is 6.92 Å². The van der Waals surface area contributed by atoms with Gasteiger partial charge in [0.2, 0.25) is 17.7 Å². The highest BCUT2D eigenvalue weighted by Gasteiger charge is 2.31. The van der Waals surface area contributed by atoms with Gasteiger partial charge in [-0.15, -0.1) is 0 Å². The van der Waals surface area contributed by atoms with Crippen LogP contribution in [0.5, 0.6) is 0 Å². The Kier molecular flexibility index (Phi) is 9.30. The molecular weight excluding hydrogens is 446 g/mol. The number of aromatic nitrogens is 1. The maximum atomic E-state index is 13.2. The fraction of sp³-hybridized carbons (Fsp3) is 0.455. The van der Waals surface area contributed by atoms with Crippen LogP contribution in [-0.2, 0) is 25.6 Å². The number of thiol groups is 1. The van der Waals surface area contributed by atoms with Crippen LogP contribution in [0.15, 0.2) is 30.5 Å². The van der Waals surface area contributed by atoms with Crippen molar-refractivity contribution in [2.24, 2.45) is 11.7 Å². The fourth-order valence-corrected chi connectivity index (χ4v) is 3.41. The molecule has 0 radical (unpaired) electrons. The van der Waals surface area contributed by atoms with E-state index in [4.69, 9.17) is 10.8 Å². The zero-order chi connectivity index (χ0) is 24.7. The molecule has 11 heteroatoms. The first kappa shape index (κ1) is 26.2. The van der Waals surface area contributed by atoms with Crippen LogP contribution in [0, 0.1) is 5.92 Å². The molecule has 180 valence electrons. The minimum absolute atomic E-state index is 0.0946. The van der Waals surface area contributed by atoms with Gasteiger partial charge in [-0.3, -0.25) is 19.2 Å². The van der Waals surface area contributed by atoms with Gasteiger partial charge in [0.05, 0.1) is 6.04 Å². The van der Waals surface area contributed by atoms with Crippen LogP contribution < -0.4 is 21.7 Å². The Morgan fingerprint density at radius 2 is 1.70 bits per heavy atom. The Balaban J connectivity index is 2.26. The van der Waals surface area contributed by atoms with E-state index < -0.39 is 47.9 Å². The van der Waals surface area contributed by atoms with Gasteiger partial charge in [-0.05, 0) is 24.5 Å². The number of carbonyl (C=O) groups is 4. The van der Waals surface area contributed by atoms with Crippen LogP contribution >= 0.6 is 12.6 Å². The summed E-state index contributed by atoms with van der Waals surface area (Å²) in [6.07, 6.45) is 1.91. The molecule has 2 rings (SSSR count). The first-order valence-corrected chi connectivity index (χ1v) is 11.2. The summed E-state index contributed by atoms with van der Waals surface area (Å²) in [5.74, 6) is -3.19. The first-order valence-electron chi connectivity index (χ1n) is 10.6. The van der Waals surface area contributed by atoms with Crippen LogP contribution in [0.25, 0.3) is 10.9 Å². The van der Waals surface area contributed by atoms with Gasteiger partial charge >= 0.3 is 5.97 Å². The van der Waals surface area contributed by atoms with Gasteiger partial charge in [0.1, 0.15) is 18.1 Å². The number of para-hydroxylation sites is 1. The van der Waals surface area contributed by atoms with E-state index in [0.717, 1.165) is 16.5 Å². The van der Waals surface area contributed by atoms with Crippen molar-refractivity contribution < 1.29 is 24.3 Å². The summed E-state index contributed by atoms with van der Waals surface area (Å²) >= 11 is 4.03. The number of carbonyl (C=O) groups excluding carboxylic acids is 3. The maximum absolute atomic E-state index is 13.2. The summed E-state index contributed by atoms with van der Waals surface area (Å²) < 4.78 is 0. The van der Waals surface area contributed by atoms with E-state index in [2.05, 4.69) is 33.6 Å². The molecule has 4 unspecified atom stereocenters. The fourth-order valence-electron chi connectivity index (χ4n) is 3.25. The number of nitrogens with one attached hydrogen (secondary N) is 4. The molecule has 10 nitrogen and oxygen atoms in total. The van der Waals surface area contributed by atoms with Gasteiger partial charge in [0.15, 0.2) is 0 Å². The first-order chi connectivity index (χ1) is 15.5. The van der Waals surface area contributed by atoms with Crippen LogP contribution in [0.1, 0.15) is 26.3 Å². The van der Waals surface area contributed by atoms with Crippen molar-refractivity contribution in [3.63, 3.8) is 0 Å². The lowest BCUT2D eigenvalue weighted by Gasteiger charge is -2.26. The molecule has 0 spiro atoms. The molecule has 0 aliphatic heterocycles. The molecule has 0 fully saturated rings. The van der Waals surface area contributed by atoms with E-state index in [-0.39, 0.29) is 18.1 Å². The number of aromatic amines is 1. The number of carboxylic acids is 1. The smallest absolute Gasteiger partial charge is 0.325 e. The molecule has 33 heavy (non-hydrogen) atoms. The van der Waals surface area contributed by atoms with Gasteiger partial charge in [-0.2, -0.15) is 12.6 Å². The van der Waals surface area contributed by atoms with Gasteiger partial charge in [0.25, 0.3) is 0 Å². The topological polar surface area (TPSA) is 166 Å². The second kappa shape index (κ2) is 11.7. The van der Waals surface area contributed by atoms with Crippen molar-refractivity contribution in [1.29, 1.82) is 0 Å². The zero-order valence-corrected chi connectivity index (χ0v) is 19.7. The third-order valence-electron chi connectivity index (χ3n) is 5.24. The molecule has 0 saturated carbocycles. The van der Waals surface area contributed by atoms with Crippen molar-refractivity contribution in [3.8, 4) is 0 Å². The Labute approximate surface area is 197 Å². The average molecular weight is 478 g/mol. The Morgan fingerprint density at radius 3 is 2.30 bits per heavy atom. The number of nitrogens with two attached hydrogens (primary N) is 1. The largest absolute Gasteiger partial charge is 0.480 e. The molecule has 7 N–H and O–H groups in total. The summed E-state index contributed by atoms with van der Waals surface area (Å²) in [7, 11) is 0. The molecule has 4 atom stereocenters. The van der Waals surface area contributed by atoms with Gasteiger partial charge in [-0.1, -0.05) is 32.0 Å². The second-order valence-electron chi connectivity index (χ2n) is 8.21. The molecular formula is C22H31N5O5S. The number of benzene rings is 1. The van der Waals surface area contributed by atoms with Crippen molar-refractivity contribution in [2.75, 3.05) is 5.75 Å². The molecule has 1 heterocycles. The minimum atomic E-state index is -1.19. The lowest BCUT2D eigenvalue weighted by atomic mass is 10.00. The number of aliphatic carboxylic acids is 1. The molecule has 2 aromatic rings. The lowest BCUT2D eigenvalue weighted by Crippen LogP contribution is -2.58. The van der Waals surface area contributed by atoms with E-state index in [9.17, 15) is 19.2 Å². The van der Waals surface area contributed by atoms with Crippen LogP contribution in [-0.4, -0.2) is 63.7 Å². The average Bonchev–Trinajstić information content (AvgIpc) is 3.18. The molecule has 1 aromatic carbocycles. The third kappa shape index (κ3) is 6.96. The number of rotatable bonds is 11. The normalized spacial score (nSPS) is 14.8. The highest BCUT2D eigenvalue weighted by atomic mass is 32.1. The molecule has 1 aromatic heterocycles. The summed E-state index contributed by atoms with van der Waals surface area (Å²) in [6, 6.07) is 3.49. The summed E-state index contributed by atoms with van der Waals surface area (Å²) in [4.78, 5) is 52.5. The molecule has 0 aliphatic carbocycles. The monoisotopic (exact) mass is 477 g/mol. The number of hydrogen-bond donors (Lipinski definition) is 7. The Hall–Kier alpha value is -3.05. The van der Waals surface area contributed by atoms with Gasteiger partial charge in [0, 0.05) is 29.3 Å². The number of fused-ring (bicyclic) bond motifs is 1. The van der Waals surface area contributed by atoms with Crippen LogP contribution in [0.4, 0.5) is 0 Å². The molecule has 0 bridgehead atoms. The highest BCUT2D eigenvalue weighted by molar-refractivity contribution is 7.80. The van der Waals surface area contributed by atoms with E-state index in [1.54, 1.807) is 20.0 Å². The quantitative estimate of drug-likeness (QED) is 0.228. The van der Waals surface area contributed by atoms with Crippen LogP contribution in [0.2, 0.25) is 0 Å². The van der Waals surface area contributed by atoms with Gasteiger partial charge in [-0.25, -0.2) is 0 Å². The summed E-state index contributed by atoms with van der Waals surface area (Å²) in [6.45, 7) is 4.78. The second-order valence-corrected chi connectivity index (χ2v) is 8.58. The number of hydrogen-bond acceptors (Lipinski definition) is 6. The number of amides is 3. The van der Waals surface area contributed by atoms with Crippen molar-refractivity contribution >= 4 is 47.2 Å². The van der Waals surface area contributed by atoms with E-state index >= 15 is 0 Å². The van der Waals surface area contributed by atoms with Crippen molar-refractivity contribution in [2.45, 2.75) is 51.4 Å². The Morgan fingerprint density at radius 1 is 1.03 bits per heavy atom. The van der Waals surface area contributed by atoms with Crippen molar-refractivity contribution in [1.82, 2.24) is 20.9 Å². The lowest BCUT2D eigenvalue weighted by molar-refractivity contribution is -0.142. The highest BCUT2D eigenvalue weighted by Crippen LogP contribution is 2.19. The maximum Gasteiger partial charge on any atom is 0.325 e.